The summed E-state index contributed by atoms with van der Waals surface area (Å²) in [6, 6.07) is 2.21. The van der Waals surface area contributed by atoms with Gasteiger partial charge in [0.1, 0.15) is 5.82 Å². The third-order valence-electron chi connectivity index (χ3n) is 4.13. The monoisotopic (exact) mass is 285 g/mol. The molecule has 0 saturated carbocycles. The molecule has 0 radical (unpaired) electrons. The molecule has 4 nitrogen and oxygen atoms in total. The summed E-state index contributed by atoms with van der Waals surface area (Å²) in [5.41, 5.74) is -0.717. The predicted molar refractivity (Wildman–Crippen MR) is 66.0 cm³/mol. The Kier molecular flexibility index (Phi) is 3.07. The molecule has 2 bridgehead atoms. The van der Waals surface area contributed by atoms with Crippen LogP contribution >= 0.6 is 0 Å². The molecule has 0 aliphatic carbocycles. The maximum absolute atomic E-state index is 12.6. The molecule has 3 atom stereocenters. The number of amides is 1. The van der Waals surface area contributed by atoms with Gasteiger partial charge in [0, 0.05) is 18.3 Å². The summed E-state index contributed by atoms with van der Waals surface area (Å²) in [4.78, 5) is 16.7. The first-order valence-corrected chi connectivity index (χ1v) is 6.51. The Labute approximate surface area is 114 Å². The van der Waals surface area contributed by atoms with Crippen molar-refractivity contribution in [2.45, 2.75) is 43.6 Å². The number of anilines is 1. The van der Waals surface area contributed by atoms with Gasteiger partial charge in [0.15, 0.2) is 0 Å². The van der Waals surface area contributed by atoms with Gasteiger partial charge in [-0.05, 0) is 31.4 Å². The van der Waals surface area contributed by atoms with Crippen molar-refractivity contribution in [3.8, 4) is 0 Å². The largest absolute Gasteiger partial charge is 0.416 e. The van der Waals surface area contributed by atoms with Crippen molar-refractivity contribution < 1.29 is 18.0 Å². The minimum absolute atomic E-state index is 0.0186. The van der Waals surface area contributed by atoms with E-state index in [-0.39, 0.29) is 23.9 Å². The van der Waals surface area contributed by atoms with Crippen molar-refractivity contribution in [1.29, 1.82) is 0 Å². The first kappa shape index (κ1) is 13.2. The molecular formula is C13H14F3N3O. The molecule has 1 amide bonds. The van der Waals surface area contributed by atoms with Gasteiger partial charge in [-0.15, -0.1) is 0 Å². The van der Waals surface area contributed by atoms with Gasteiger partial charge in [-0.3, -0.25) is 4.79 Å². The second-order valence-electron chi connectivity index (χ2n) is 5.27. The number of alkyl halides is 3. The lowest BCUT2D eigenvalue weighted by atomic mass is 9.95. The van der Waals surface area contributed by atoms with E-state index in [1.807, 2.05) is 0 Å². The van der Waals surface area contributed by atoms with Gasteiger partial charge in [-0.25, -0.2) is 4.98 Å². The molecule has 3 unspecified atom stereocenters. The van der Waals surface area contributed by atoms with Crippen LogP contribution in [0.4, 0.5) is 19.0 Å². The molecule has 2 fully saturated rings. The zero-order chi connectivity index (χ0) is 14.3. The van der Waals surface area contributed by atoms with Crippen molar-refractivity contribution in [3.05, 3.63) is 23.9 Å². The van der Waals surface area contributed by atoms with Gasteiger partial charge in [-0.1, -0.05) is 0 Å². The Morgan fingerprint density at radius 3 is 2.85 bits per heavy atom. The quantitative estimate of drug-likeness (QED) is 0.867. The molecule has 1 aromatic rings. The van der Waals surface area contributed by atoms with Crippen LogP contribution in [0.25, 0.3) is 0 Å². The fourth-order valence-electron chi connectivity index (χ4n) is 3.23. The van der Waals surface area contributed by atoms with Crippen LogP contribution in [0, 0.1) is 0 Å². The molecule has 20 heavy (non-hydrogen) atoms. The van der Waals surface area contributed by atoms with Crippen molar-refractivity contribution in [1.82, 2.24) is 9.88 Å². The molecule has 1 N–H and O–H groups in total. The summed E-state index contributed by atoms with van der Waals surface area (Å²) in [5, 5.41) is 3.04. The smallest absolute Gasteiger partial charge is 0.365 e. The predicted octanol–water partition coefficient (Wildman–Crippen LogP) is 2.27. The molecule has 2 aliphatic rings. The average Bonchev–Trinajstić information content (AvgIpc) is 2.94. The highest BCUT2D eigenvalue weighted by Gasteiger charge is 2.45. The Morgan fingerprint density at radius 1 is 1.40 bits per heavy atom. The standard InChI is InChI=1S/C13H14F3N3O/c14-13(15,16)8-3-4-17-12(5-8)18-10-6-9-1-2-11(10)19(9)7-20/h3-5,7,9-11H,1-2,6H2,(H,17,18). The Balaban J connectivity index is 1.75. The molecule has 7 heteroatoms. The molecule has 3 rings (SSSR count). The van der Waals surface area contributed by atoms with Crippen molar-refractivity contribution in [3.63, 3.8) is 0 Å². The van der Waals surface area contributed by atoms with Crippen LogP contribution in [0.2, 0.25) is 0 Å². The summed E-state index contributed by atoms with van der Waals surface area (Å²) in [5.74, 6) is 0.211. The molecule has 0 spiro atoms. The molecule has 3 heterocycles. The van der Waals surface area contributed by atoms with E-state index in [0.29, 0.717) is 0 Å². The van der Waals surface area contributed by atoms with Crippen molar-refractivity contribution >= 4 is 12.2 Å². The lowest BCUT2D eigenvalue weighted by molar-refractivity contribution is -0.137. The highest BCUT2D eigenvalue weighted by Crippen LogP contribution is 2.38. The minimum Gasteiger partial charge on any atom is -0.365 e. The number of halogens is 3. The maximum atomic E-state index is 12.6. The number of carbonyl (C=O) groups is 1. The number of carbonyl (C=O) groups excluding carboxylic acids is 1. The van der Waals surface area contributed by atoms with Gasteiger partial charge >= 0.3 is 6.18 Å². The van der Waals surface area contributed by atoms with Crippen LogP contribution in [-0.4, -0.2) is 34.4 Å². The van der Waals surface area contributed by atoms with Crippen LogP contribution in [0.5, 0.6) is 0 Å². The third kappa shape index (κ3) is 2.21. The van der Waals surface area contributed by atoms with Gasteiger partial charge in [0.2, 0.25) is 6.41 Å². The normalized spacial score (nSPS) is 28.8. The van der Waals surface area contributed by atoms with Crippen LogP contribution < -0.4 is 5.32 Å². The maximum Gasteiger partial charge on any atom is 0.416 e. The molecular weight excluding hydrogens is 271 g/mol. The van der Waals surface area contributed by atoms with Crippen LogP contribution in [-0.2, 0) is 11.0 Å². The topological polar surface area (TPSA) is 45.2 Å². The Hall–Kier alpha value is -1.79. The van der Waals surface area contributed by atoms with Crippen molar-refractivity contribution in [2.75, 3.05) is 5.32 Å². The van der Waals surface area contributed by atoms with E-state index in [1.54, 1.807) is 4.90 Å². The summed E-state index contributed by atoms with van der Waals surface area (Å²) < 4.78 is 37.9. The number of nitrogens with zero attached hydrogens (tertiary/aromatic N) is 2. The number of rotatable bonds is 3. The van der Waals surface area contributed by atoms with Crippen LogP contribution in [0.15, 0.2) is 18.3 Å². The van der Waals surface area contributed by atoms with E-state index in [4.69, 9.17) is 0 Å². The van der Waals surface area contributed by atoms with Gasteiger partial charge < -0.3 is 10.2 Å². The van der Waals surface area contributed by atoms with E-state index >= 15 is 0 Å². The van der Waals surface area contributed by atoms with Gasteiger partial charge in [0.25, 0.3) is 0 Å². The zero-order valence-electron chi connectivity index (χ0n) is 10.6. The SMILES string of the molecule is O=CN1C2CCC1C(Nc1cc(C(F)(F)F)ccn1)C2. The third-order valence-corrected chi connectivity index (χ3v) is 4.13. The molecule has 0 aromatic carbocycles. The second kappa shape index (κ2) is 4.64. The average molecular weight is 285 g/mol. The number of fused-ring (bicyclic) bond motifs is 2. The number of hydrogen-bond donors (Lipinski definition) is 1. The highest BCUT2D eigenvalue weighted by atomic mass is 19.4. The van der Waals surface area contributed by atoms with E-state index in [9.17, 15) is 18.0 Å². The fourth-order valence-corrected chi connectivity index (χ4v) is 3.23. The Bertz CT molecular complexity index is 520. The van der Waals surface area contributed by atoms with E-state index in [0.717, 1.165) is 44.0 Å². The van der Waals surface area contributed by atoms with E-state index in [1.165, 1.54) is 0 Å². The molecule has 2 saturated heterocycles. The number of nitrogens with one attached hydrogen (secondary N) is 1. The highest BCUT2D eigenvalue weighted by molar-refractivity contribution is 5.52. The summed E-state index contributed by atoms with van der Waals surface area (Å²) in [6.45, 7) is 0. The number of aromatic nitrogens is 1. The van der Waals surface area contributed by atoms with Gasteiger partial charge in [0.05, 0.1) is 11.6 Å². The second-order valence-corrected chi connectivity index (χ2v) is 5.27. The van der Waals surface area contributed by atoms with E-state index in [2.05, 4.69) is 10.3 Å². The number of hydrogen-bond acceptors (Lipinski definition) is 3. The summed E-state index contributed by atoms with van der Waals surface area (Å²) in [6.07, 6.45) is 0.237. The lowest BCUT2D eigenvalue weighted by Gasteiger charge is -2.23. The summed E-state index contributed by atoms with van der Waals surface area (Å²) >= 11 is 0. The van der Waals surface area contributed by atoms with Gasteiger partial charge in [-0.2, -0.15) is 13.2 Å². The minimum atomic E-state index is -4.37. The molecule has 108 valence electrons. The lowest BCUT2D eigenvalue weighted by Crippen LogP contribution is -2.35. The molecule has 1 aromatic heterocycles. The van der Waals surface area contributed by atoms with E-state index < -0.39 is 11.7 Å². The fraction of sp³-hybridized carbons (Fsp3) is 0.538. The van der Waals surface area contributed by atoms with Crippen molar-refractivity contribution in [2.24, 2.45) is 0 Å². The Morgan fingerprint density at radius 2 is 2.20 bits per heavy atom. The van der Waals surface area contributed by atoms with Crippen LogP contribution in [0.1, 0.15) is 24.8 Å². The first-order chi connectivity index (χ1) is 9.49. The molecule has 2 aliphatic heterocycles. The summed E-state index contributed by atoms with van der Waals surface area (Å²) in [7, 11) is 0. The van der Waals surface area contributed by atoms with Crippen LogP contribution in [0.3, 0.4) is 0 Å². The zero-order valence-corrected chi connectivity index (χ0v) is 10.6. The number of pyridine rings is 1. The first-order valence-electron chi connectivity index (χ1n) is 6.51.